The number of amides is 2. The van der Waals surface area contributed by atoms with Crippen LogP contribution in [-0.2, 0) is 9.59 Å². The van der Waals surface area contributed by atoms with Crippen molar-refractivity contribution in [1.82, 2.24) is 0 Å². The molecule has 0 saturated heterocycles. The van der Waals surface area contributed by atoms with Crippen LogP contribution in [0.1, 0.15) is 6.92 Å². The van der Waals surface area contributed by atoms with Crippen molar-refractivity contribution in [3.8, 4) is 11.5 Å². The van der Waals surface area contributed by atoms with E-state index < -0.39 is 0 Å². The summed E-state index contributed by atoms with van der Waals surface area (Å²) >= 11 is 3.36. The summed E-state index contributed by atoms with van der Waals surface area (Å²) in [6.45, 7) is 1.52. The van der Waals surface area contributed by atoms with Gasteiger partial charge in [-0.1, -0.05) is 22.0 Å². The molecule has 6 nitrogen and oxygen atoms in total. The zero-order valence-corrected chi connectivity index (χ0v) is 14.5. The molecule has 0 fully saturated rings. The molecule has 24 heavy (non-hydrogen) atoms. The maximum absolute atomic E-state index is 12.3. The third-order valence-corrected chi connectivity index (χ3v) is 3.95. The second-order valence-electron chi connectivity index (χ2n) is 5.20. The molecule has 0 bridgehead atoms. The van der Waals surface area contributed by atoms with E-state index in [0.29, 0.717) is 22.9 Å². The molecule has 1 N–H and O–H groups in total. The van der Waals surface area contributed by atoms with Crippen LogP contribution in [0.4, 0.5) is 11.4 Å². The first-order chi connectivity index (χ1) is 11.5. The number of hydrogen-bond acceptors (Lipinski definition) is 4. The number of carbonyl (C=O) groups is 2. The average molecular weight is 391 g/mol. The van der Waals surface area contributed by atoms with Crippen LogP contribution in [0, 0.1) is 0 Å². The lowest BCUT2D eigenvalue weighted by Crippen LogP contribution is -2.36. The van der Waals surface area contributed by atoms with Crippen molar-refractivity contribution in [3.63, 3.8) is 0 Å². The van der Waals surface area contributed by atoms with Crippen LogP contribution in [0.5, 0.6) is 11.5 Å². The Kier molecular flexibility index (Phi) is 4.71. The minimum absolute atomic E-state index is 0.0831. The number of benzene rings is 2. The van der Waals surface area contributed by atoms with Crippen LogP contribution >= 0.6 is 15.9 Å². The number of carbonyl (C=O) groups excluding carboxylic acids is 2. The van der Waals surface area contributed by atoms with Gasteiger partial charge in [-0.15, -0.1) is 0 Å². The molecule has 0 aliphatic carbocycles. The summed E-state index contributed by atoms with van der Waals surface area (Å²) in [5.74, 6) is 0.716. The zero-order chi connectivity index (χ0) is 17.1. The van der Waals surface area contributed by atoms with E-state index in [1.165, 1.54) is 11.8 Å². The van der Waals surface area contributed by atoms with Gasteiger partial charge < -0.3 is 19.7 Å². The van der Waals surface area contributed by atoms with Crippen molar-refractivity contribution in [2.24, 2.45) is 0 Å². The third kappa shape index (κ3) is 3.68. The van der Waals surface area contributed by atoms with Gasteiger partial charge in [-0.2, -0.15) is 0 Å². The van der Waals surface area contributed by atoms with Gasteiger partial charge in [0, 0.05) is 28.8 Å². The second kappa shape index (κ2) is 6.92. The van der Waals surface area contributed by atoms with Crippen LogP contribution in [0.15, 0.2) is 46.9 Å². The van der Waals surface area contributed by atoms with Gasteiger partial charge in [0.1, 0.15) is 6.54 Å². The number of halogens is 1. The predicted octanol–water partition coefficient (Wildman–Crippen LogP) is 3.17. The maximum atomic E-state index is 12.3. The summed E-state index contributed by atoms with van der Waals surface area (Å²) in [7, 11) is 0. The Morgan fingerprint density at radius 2 is 1.96 bits per heavy atom. The Morgan fingerprint density at radius 3 is 2.71 bits per heavy atom. The Bertz CT molecular complexity index is 794. The summed E-state index contributed by atoms with van der Waals surface area (Å²) in [4.78, 5) is 25.6. The first-order valence-corrected chi connectivity index (χ1v) is 8.05. The molecule has 3 rings (SSSR count). The van der Waals surface area contributed by atoms with E-state index in [9.17, 15) is 9.59 Å². The molecule has 0 saturated carbocycles. The van der Waals surface area contributed by atoms with E-state index in [1.54, 1.807) is 30.3 Å². The number of nitrogens with zero attached hydrogens (tertiary/aromatic N) is 1. The van der Waals surface area contributed by atoms with Crippen LogP contribution in [0.2, 0.25) is 0 Å². The van der Waals surface area contributed by atoms with Gasteiger partial charge in [0.2, 0.25) is 18.6 Å². The van der Waals surface area contributed by atoms with Crippen molar-refractivity contribution < 1.29 is 19.1 Å². The predicted molar refractivity (Wildman–Crippen MR) is 93.4 cm³/mol. The molecular weight excluding hydrogens is 376 g/mol. The van der Waals surface area contributed by atoms with E-state index in [4.69, 9.17) is 9.47 Å². The van der Waals surface area contributed by atoms with Crippen LogP contribution in [0.3, 0.4) is 0 Å². The minimum atomic E-state index is -0.302. The molecule has 2 amide bonds. The third-order valence-electron chi connectivity index (χ3n) is 3.46. The maximum Gasteiger partial charge on any atom is 0.244 e. The van der Waals surface area contributed by atoms with Gasteiger partial charge in [-0.25, -0.2) is 0 Å². The van der Waals surface area contributed by atoms with E-state index in [2.05, 4.69) is 21.2 Å². The molecule has 0 spiro atoms. The quantitative estimate of drug-likeness (QED) is 0.870. The number of ether oxygens (including phenoxy) is 2. The monoisotopic (exact) mass is 390 g/mol. The molecule has 7 heteroatoms. The molecule has 2 aromatic rings. The number of rotatable bonds is 4. The van der Waals surface area contributed by atoms with Gasteiger partial charge >= 0.3 is 0 Å². The number of hydrogen-bond donors (Lipinski definition) is 1. The first kappa shape index (κ1) is 16.3. The summed E-state index contributed by atoms with van der Waals surface area (Å²) in [5, 5.41) is 2.76. The van der Waals surface area contributed by atoms with E-state index in [1.807, 2.05) is 12.1 Å². The smallest absolute Gasteiger partial charge is 0.244 e. The highest BCUT2D eigenvalue weighted by molar-refractivity contribution is 9.10. The van der Waals surface area contributed by atoms with Crippen molar-refractivity contribution in [3.05, 3.63) is 46.9 Å². The molecule has 1 aliphatic heterocycles. The van der Waals surface area contributed by atoms with Crippen LogP contribution in [0.25, 0.3) is 0 Å². The molecule has 0 atom stereocenters. The fourth-order valence-electron chi connectivity index (χ4n) is 2.35. The van der Waals surface area contributed by atoms with Gasteiger partial charge in [0.05, 0.1) is 0 Å². The van der Waals surface area contributed by atoms with E-state index >= 15 is 0 Å². The highest BCUT2D eigenvalue weighted by Gasteiger charge is 2.18. The average Bonchev–Trinajstić information content (AvgIpc) is 3.00. The highest BCUT2D eigenvalue weighted by atomic mass is 79.9. The van der Waals surface area contributed by atoms with Crippen molar-refractivity contribution in [2.75, 3.05) is 23.6 Å². The van der Waals surface area contributed by atoms with Crippen molar-refractivity contribution in [2.45, 2.75) is 6.92 Å². The summed E-state index contributed by atoms with van der Waals surface area (Å²) in [6.07, 6.45) is 0. The summed E-state index contributed by atoms with van der Waals surface area (Å²) in [6, 6.07) is 12.4. The van der Waals surface area contributed by atoms with Crippen molar-refractivity contribution >= 4 is 39.1 Å². The van der Waals surface area contributed by atoms with Gasteiger partial charge in [0.25, 0.3) is 0 Å². The van der Waals surface area contributed by atoms with Gasteiger partial charge in [-0.3, -0.25) is 9.59 Å². The molecule has 0 unspecified atom stereocenters. The van der Waals surface area contributed by atoms with Gasteiger partial charge in [-0.05, 0) is 30.3 Å². The normalized spacial score (nSPS) is 11.9. The standard InChI is InChI=1S/C17H15BrN2O4/c1-11(21)20(14-4-2-3-12(18)7-14)9-17(22)19-13-5-6-15-16(8-13)24-10-23-15/h2-8H,9-10H2,1H3,(H,19,22). The molecular formula is C17H15BrN2O4. The lowest BCUT2D eigenvalue weighted by atomic mass is 10.2. The molecule has 2 aromatic carbocycles. The highest BCUT2D eigenvalue weighted by Crippen LogP contribution is 2.34. The Morgan fingerprint density at radius 1 is 1.17 bits per heavy atom. The van der Waals surface area contributed by atoms with Gasteiger partial charge in [0.15, 0.2) is 11.5 Å². The summed E-state index contributed by atoms with van der Waals surface area (Å²) < 4.78 is 11.3. The Labute approximate surface area is 147 Å². The number of anilines is 2. The first-order valence-electron chi connectivity index (χ1n) is 7.26. The fraction of sp³-hybridized carbons (Fsp3) is 0.176. The summed E-state index contributed by atoms with van der Waals surface area (Å²) in [5.41, 5.74) is 1.24. The topological polar surface area (TPSA) is 67.9 Å². The molecule has 0 radical (unpaired) electrons. The van der Waals surface area contributed by atoms with Crippen molar-refractivity contribution in [1.29, 1.82) is 0 Å². The van der Waals surface area contributed by atoms with Crippen LogP contribution < -0.4 is 19.7 Å². The lowest BCUT2D eigenvalue weighted by molar-refractivity contribution is -0.120. The zero-order valence-electron chi connectivity index (χ0n) is 12.9. The fourth-order valence-corrected chi connectivity index (χ4v) is 2.73. The minimum Gasteiger partial charge on any atom is -0.454 e. The Balaban J connectivity index is 1.71. The van der Waals surface area contributed by atoms with Crippen LogP contribution in [-0.4, -0.2) is 25.2 Å². The number of fused-ring (bicyclic) bond motifs is 1. The lowest BCUT2D eigenvalue weighted by Gasteiger charge is -2.21. The molecule has 1 heterocycles. The number of nitrogens with one attached hydrogen (secondary N) is 1. The Hall–Kier alpha value is -2.54. The molecule has 124 valence electrons. The molecule has 1 aliphatic rings. The second-order valence-corrected chi connectivity index (χ2v) is 6.12. The largest absolute Gasteiger partial charge is 0.454 e. The van der Waals surface area contributed by atoms with E-state index in [-0.39, 0.29) is 25.2 Å². The SMILES string of the molecule is CC(=O)N(CC(=O)Nc1ccc2c(c1)OCO2)c1cccc(Br)c1. The molecule has 0 aromatic heterocycles. The van der Waals surface area contributed by atoms with E-state index in [0.717, 1.165) is 4.47 Å².